The maximum atomic E-state index is 12.7. The summed E-state index contributed by atoms with van der Waals surface area (Å²) in [5, 5.41) is 7.92. The van der Waals surface area contributed by atoms with Gasteiger partial charge in [-0.25, -0.2) is 0 Å². The van der Waals surface area contributed by atoms with Crippen LogP contribution >= 0.6 is 0 Å². The van der Waals surface area contributed by atoms with E-state index in [1.165, 1.54) is 0 Å². The van der Waals surface area contributed by atoms with Gasteiger partial charge in [0.05, 0.1) is 24.9 Å². The molecule has 0 fully saturated rings. The normalized spacial score (nSPS) is 14.8. The molecular formula is C23H22N4O2. The van der Waals surface area contributed by atoms with E-state index in [0.29, 0.717) is 11.3 Å². The number of hydrogen-bond acceptors (Lipinski definition) is 4. The Hall–Kier alpha value is -3.67. The molecular weight excluding hydrogens is 364 g/mol. The molecule has 2 heterocycles. The largest absolute Gasteiger partial charge is 0.354 e. The molecule has 0 aliphatic carbocycles. The fourth-order valence-electron chi connectivity index (χ4n) is 3.54. The predicted octanol–water partition coefficient (Wildman–Crippen LogP) is 3.89. The Morgan fingerprint density at radius 2 is 2.03 bits per heavy atom. The van der Waals surface area contributed by atoms with E-state index < -0.39 is 0 Å². The summed E-state index contributed by atoms with van der Waals surface area (Å²) in [6.45, 7) is 4.08. The van der Waals surface area contributed by atoms with Crippen LogP contribution in [0.1, 0.15) is 41.0 Å². The maximum Gasteiger partial charge on any atom is 0.228 e. The lowest BCUT2D eigenvalue weighted by atomic mass is 9.99. The van der Waals surface area contributed by atoms with Gasteiger partial charge in [-0.2, -0.15) is 5.10 Å². The fraction of sp³-hybridized carbons (Fsp3) is 0.174. The Bertz CT molecular complexity index is 1160. The number of H-pyrrole nitrogens is 1. The highest BCUT2D eigenvalue weighted by molar-refractivity contribution is 6.17. The molecule has 0 atom stereocenters. The molecule has 1 aromatic heterocycles. The number of carbonyl (C=O) groups excluding carboxylic acids is 2. The van der Waals surface area contributed by atoms with Gasteiger partial charge in [0.2, 0.25) is 5.91 Å². The number of benzene rings is 2. The molecule has 4 rings (SSSR count). The van der Waals surface area contributed by atoms with Crippen LogP contribution in [0.2, 0.25) is 0 Å². The molecule has 0 radical (unpaired) electrons. The lowest BCUT2D eigenvalue weighted by molar-refractivity contribution is -0.115. The van der Waals surface area contributed by atoms with Crippen LogP contribution in [0, 0.1) is 0 Å². The number of ketones is 1. The van der Waals surface area contributed by atoms with Crippen molar-refractivity contribution in [1.29, 1.82) is 0 Å². The van der Waals surface area contributed by atoms with Gasteiger partial charge < -0.3 is 15.7 Å². The van der Waals surface area contributed by atoms with Crippen molar-refractivity contribution < 1.29 is 9.59 Å². The summed E-state index contributed by atoms with van der Waals surface area (Å²) in [5.74, 6) is -0.201. The molecule has 1 aliphatic rings. The minimum absolute atomic E-state index is 0.0732. The number of Topliss-reactive ketones (excluding diaryl/α,β-unsaturated/α-hetero) is 1. The van der Waals surface area contributed by atoms with E-state index in [1.807, 2.05) is 56.3 Å². The summed E-state index contributed by atoms with van der Waals surface area (Å²) in [7, 11) is 0. The zero-order valence-corrected chi connectivity index (χ0v) is 16.4. The van der Waals surface area contributed by atoms with Crippen LogP contribution in [0.5, 0.6) is 0 Å². The van der Waals surface area contributed by atoms with Crippen molar-refractivity contribution in [2.24, 2.45) is 5.10 Å². The van der Waals surface area contributed by atoms with Crippen LogP contribution in [0.4, 0.5) is 5.69 Å². The molecule has 3 N–H and O–H groups in total. The Balaban J connectivity index is 1.77. The van der Waals surface area contributed by atoms with E-state index in [9.17, 15) is 9.59 Å². The third kappa shape index (κ3) is 3.69. The second-order valence-corrected chi connectivity index (χ2v) is 7.06. The van der Waals surface area contributed by atoms with Gasteiger partial charge >= 0.3 is 0 Å². The van der Waals surface area contributed by atoms with Crippen molar-refractivity contribution in [2.45, 2.75) is 20.3 Å². The molecule has 1 aliphatic heterocycles. The van der Waals surface area contributed by atoms with Crippen molar-refractivity contribution >= 4 is 40.1 Å². The minimum atomic E-state index is -0.127. The van der Waals surface area contributed by atoms with Crippen LogP contribution in [-0.4, -0.2) is 29.4 Å². The van der Waals surface area contributed by atoms with Gasteiger partial charge in [0.25, 0.3) is 0 Å². The van der Waals surface area contributed by atoms with Gasteiger partial charge in [-0.05, 0) is 37.1 Å². The van der Waals surface area contributed by atoms with E-state index in [2.05, 4.69) is 20.8 Å². The summed E-state index contributed by atoms with van der Waals surface area (Å²) in [6.07, 6.45) is 4.02. The van der Waals surface area contributed by atoms with Gasteiger partial charge in [-0.3, -0.25) is 9.59 Å². The molecule has 0 spiro atoms. The molecule has 1 amide bonds. The van der Waals surface area contributed by atoms with Crippen LogP contribution < -0.4 is 10.7 Å². The number of nitrogens with zero attached hydrogens (tertiary/aromatic N) is 1. The standard InChI is InChI=1S/C23H22N4O2/c1-3-14(2)23-18-12-24-25-13-20(28)17-10-16(11-19(27-23)22(17)18)26-21(29)9-15-7-5-4-6-8-15/h3-8,10-12,25,27H,9,13H2,1-2H3,(H,26,29)/b14-3+,24-12-. The van der Waals surface area contributed by atoms with E-state index >= 15 is 0 Å². The van der Waals surface area contributed by atoms with Crippen molar-refractivity contribution in [3.8, 4) is 0 Å². The number of nitrogens with one attached hydrogen (secondary N) is 3. The lowest BCUT2D eigenvalue weighted by Crippen LogP contribution is -2.21. The minimum Gasteiger partial charge on any atom is -0.354 e. The Labute approximate surface area is 168 Å². The van der Waals surface area contributed by atoms with Crippen LogP contribution in [0.25, 0.3) is 16.5 Å². The highest BCUT2D eigenvalue weighted by Gasteiger charge is 2.21. The van der Waals surface area contributed by atoms with E-state index in [4.69, 9.17) is 0 Å². The van der Waals surface area contributed by atoms with Gasteiger partial charge in [-0.15, -0.1) is 0 Å². The molecule has 3 aromatic rings. The van der Waals surface area contributed by atoms with Crippen molar-refractivity contribution in [3.05, 3.63) is 70.9 Å². The van der Waals surface area contributed by atoms with E-state index in [0.717, 1.165) is 33.3 Å². The van der Waals surface area contributed by atoms with Gasteiger partial charge in [0, 0.05) is 27.7 Å². The summed E-state index contributed by atoms with van der Waals surface area (Å²) >= 11 is 0. The monoisotopic (exact) mass is 386 g/mol. The summed E-state index contributed by atoms with van der Waals surface area (Å²) < 4.78 is 0. The Morgan fingerprint density at radius 3 is 2.79 bits per heavy atom. The first-order valence-electron chi connectivity index (χ1n) is 9.52. The molecule has 2 aromatic carbocycles. The quantitative estimate of drug-likeness (QED) is 0.636. The highest BCUT2D eigenvalue weighted by Crippen LogP contribution is 2.32. The second kappa shape index (κ2) is 7.75. The Morgan fingerprint density at radius 1 is 1.24 bits per heavy atom. The van der Waals surface area contributed by atoms with Crippen molar-refractivity contribution in [2.75, 3.05) is 11.9 Å². The molecule has 6 heteroatoms. The first-order chi connectivity index (χ1) is 14.1. The summed E-state index contributed by atoms with van der Waals surface area (Å²) in [6, 6.07) is 13.2. The number of hydrogen-bond donors (Lipinski definition) is 3. The van der Waals surface area contributed by atoms with E-state index in [-0.39, 0.29) is 24.7 Å². The van der Waals surface area contributed by atoms with Gasteiger partial charge in [0.15, 0.2) is 5.78 Å². The lowest BCUT2D eigenvalue weighted by Gasteiger charge is -2.11. The molecule has 0 saturated carbocycles. The zero-order chi connectivity index (χ0) is 20.4. The SMILES string of the molecule is C/C=C(\C)c1[nH]c2cc(NC(=O)Cc3ccccc3)cc3c2c1/C=N\NCC3=O. The molecule has 146 valence electrons. The number of hydrazone groups is 1. The third-order valence-electron chi connectivity index (χ3n) is 5.08. The number of amides is 1. The zero-order valence-electron chi connectivity index (χ0n) is 16.4. The number of anilines is 1. The second-order valence-electron chi connectivity index (χ2n) is 7.06. The number of rotatable bonds is 4. The number of carbonyl (C=O) groups is 2. The number of aromatic amines is 1. The highest BCUT2D eigenvalue weighted by atomic mass is 16.1. The topological polar surface area (TPSA) is 86.3 Å². The van der Waals surface area contributed by atoms with Crippen LogP contribution in [0.15, 0.2) is 53.6 Å². The maximum absolute atomic E-state index is 12.7. The molecule has 0 bridgehead atoms. The molecule has 0 unspecified atom stereocenters. The first-order valence-corrected chi connectivity index (χ1v) is 9.52. The smallest absolute Gasteiger partial charge is 0.228 e. The predicted molar refractivity (Wildman–Crippen MR) is 116 cm³/mol. The third-order valence-corrected chi connectivity index (χ3v) is 5.08. The average Bonchev–Trinajstić information content (AvgIpc) is 3.07. The fourth-order valence-corrected chi connectivity index (χ4v) is 3.54. The van der Waals surface area contributed by atoms with E-state index in [1.54, 1.807) is 12.3 Å². The van der Waals surface area contributed by atoms with Crippen molar-refractivity contribution in [3.63, 3.8) is 0 Å². The number of allylic oxidation sites excluding steroid dienone is 2. The molecule has 6 nitrogen and oxygen atoms in total. The van der Waals surface area contributed by atoms with Gasteiger partial charge in [-0.1, -0.05) is 36.4 Å². The van der Waals surface area contributed by atoms with Crippen LogP contribution in [-0.2, 0) is 11.2 Å². The van der Waals surface area contributed by atoms with Crippen molar-refractivity contribution in [1.82, 2.24) is 10.4 Å². The van der Waals surface area contributed by atoms with Crippen LogP contribution in [0.3, 0.4) is 0 Å². The summed E-state index contributed by atoms with van der Waals surface area (Å²) in [4.78, 5) is 28.7. The molecule has 29 heavy (non-hydrogen) atoms. The Kier molecular flexibility index (Phi) is 4.99. The average molecular weight is 386 g/mol. The first kappa shape index (κ1) is 18.7. The molecule has 0 saturated heterocycles. The number of aromatic nitrogens is 1. The summed E-state index contributed by atoms with van der Waals surface area (Å²) in [5.41, 5.74) is 8.52. The van der Waals surface area contributed by atoms with Gasteiger partial charge in [0.1, 0.15) is 0 Å².